The monoisotopic (exact) mass is 265 g/mol. The van der Waals surface area contributed by atoms with Crippen LogP contribution in [0.4, 0.5) is 0 Å². The van der Waals surface area contributed by atoms with Crippen molar-refractivity contribution in [1.82, 2.24) is 0 Å². The molecule has 0 aliphatic carbocycles. The van der Waals surface area contributed by atoms with Gasteiger partial charge in [-0.3, -0.25) is 0 Å². The van der Waals surface area contributed by atoms with Crippen LogP contribution in [0, 0.1) is 6.92 Å². The van der Waals surface area contributed by atoms with Crippen LogP contribution in [0.1, 0.15) is 28.7 Å². The molecule has 0 saturated carbocycles. The molecular weight excluding hydrogens is 250 g/mol. The molecule has 1 unspecified atom stereocenters. The largest absolute Gasteiger partial charge is 0.462 e. The number of furan rings is 1. The second-order valence-corrected chi connectivity index (χ2v) is 4.63. The van der Waals surface area contributed by atoms with E-state index >= 15 is 0 Å². The fourth-order valence-electron chi connectivity index (χ4n) is 1.75. The first-order valence-corrected chi connectivity index (χ1v) is 6.09. The van der Waals surface area contributed by atoms with E-state index < -0.39 is 0 Å². The Morgan fingerprint density at radius 2 is 2.11 bits per heavy atom. The van der Waals surface area contributed by atoms with Crippen molar-refractivity contribution in [1.29, 1.82) is 0 Å². The van der Waals surface area contributed by atoms with Gasteiger partial charge in [0.05, 0.1) is 6.04 Å². The molecule has 1 heterocycles. The molecule has 0 amide bonds. The van der Waals surface area contributed by atoms with E-state index in [0.29, 0.717) is 17.4 Å². The molecule has 2 rings (SSSR count). The first-order chi connectivity index (χ1) is 8.61. The smallest absolute Gasteiger partial charge is 0.129 e. The van der Waals surface area contributed by atoms with Gasteiger partial charge in [-0.05, 0) is 36.2 Å². The standard InChI is InChI=1S/C14H16ClNO2/c1-9-3-4-10(7-12(9)15)14(16)13-6-5-11(18-13)8-17-2/h3-7,14H,8,16H2,1-2H3. The van der Waals surface area contributed by atoms with Crippen LogP contribution >= 0.6 is 11.6 Å². The van der Waals surface area contributed by atoms with Crippen LogP contribution in [0.15, 0.2) is 34.7 Å². The summed E-state index contributed by atoms with van der Waals surface area (Å²) in [5.74, 6) is 1.48. The van der Waals surface area contributed by atoms with E-state index in [1.165, 1.54) is 0 Å². The molecule has 0 saturated heterocycles. The van der Waals surface area contributed by atoms with Crippen molar-refractivity contribution < 1.29 is 9.15 Å². The first-order valence-electron chi connectivity index (χ1n) is 5.71. The Hall–Kier alpha value is -1.29. The summed E-state index contributed by atoms with van der Waals surface area (Å²) >= 11 is 6.09. The molecule has 0 spiro atoms. The van der Waals surface area contributed by atoms with Crippen LogP contribution in [0.2, 0.25) is 5.02 Å². The number of aryl methyl sites for hydroxylation is 1. The highest BCUT2D eigenvalue weighted by Gasteiger charge is 2.14. The zero-order chi connectivity index (χ0) is 13.1. The van der Waals surface area contributed by atoms with E-state index in [9.17, 15) is 0 Å². The van der Waals surface area contributed by atoms with Crippen molar-refractivity contribution in [2.75, 3.05) is 7.11 Å². The number of hydrogen-bond donors (Lipinski definition) is 1. The van der Waals surface area contributed by atoms with Gasteiger partial charge in [0.2, 0.25) is 0 Å². The van der Waals surface area contributed by atoms with Crippen LogP contribution in [0.5, 0.6) is 0 Å². The number of methoxy groups -OCH3 is 1. The van der Waals surface area contributed by atoms with Crippen molar-refractivity contribution in [3.8, 4) is 0 Å². The van der Waals surface area contributed by atoms with Gasteiger partial charge in [0, 0.05) is 12.1 Å². The Morgan fingerprint density at radius 3 is 2.78 bits per heavy atom. The highest BCUT2D eigenvalue weighted by molar-refractivity contribution is 6.31. The summed E-state index contributed by atoms with van der Waals surface area (Å²) < 4.78 is 10.6. The van der Waals surface area contributed by atoms with Crippen molar-refractivity contribution >= 4 is 11.6 Å². The third kappa shape index (κ3) is 2.75. The third-order valence-electron chi connectivity index (χ3n) is 2.83. The minimum absolute atomic E-state index is 0.311. The Balaban J connectivity index is 2.23. The van der Waals surface area contributed by atoms with E-state index in [4.69, 9.17) is 26.5 Å². The summed E-state index contributed by atoms with van der Waals surface area (Å²) in [6, 6.07) is 9.22. The maximum atomic E-state index is 6.15. The Morgan fingerprint density at radius 1 is 1.33 bits per heavy atom. The van der Waals surface area contributed by atoms with Gasteiger partial charge in [0.25, 0.3) is 0 Å². The van der Waals surface area contributed by atoms with Crippen LogP contribution in [0.25, 0.3) is 0 Å². The molecule has 1 aromatic carbocycles. The molecule has 2 N–H and O–H groups in total. The minimum atomic E-state index is -0.311. The maximum absolute atomic E-state index is 6.15. The van der Waals surface area contributed by atoms with Gasteiger partial charge in [0.15, 0.2) is 0 Å². The molecule has 0 fully saturated rings. The molecule has 18 heavy (non-hydrogen) atoms. The van der Waals surface area contributed by atoms with Crippen molar-refractivity contribution in [3.63, 3.8) is 0 Å². The van der Waals surface area contributed by atoms with E-state index in [0.717, 1.165) is 16.9 Å². The summed E-state index contributed by atoms with van der Waals surface area (Å²) in [4.78, 5) is 0. The molecular formula is C14H16ClNO2. The predicted molar refractivity (Wildman–Crippen MR) is 71.6 cm³/mol. The van der Waals surface area contributed by atoms with E-state index in [-0.39, 0.29) is 6.04 Å². The molecule has 0 aliphatic heterocycles. The highest BCUT2D eigenvalue weighted by Crippen LogP contribution is 2.25. The van der Waals surface area contributed by atoms with Crippen molar-refractivity contribution in [2.45, 2.75) is 19.6 Å². The molecule has 4 heteroatoms. The summed E-state index contributed by atoms with van der Waals surface area (Å²) in [6.45, 7) is 2.41. The van der Waals surface area contributed by atoms with Crippen LogP contribution in [0.3, 0.4) is 0 Å². The van der Waals surface area contributed by atoms with Gasteiger partial charge in [-0.2, -0.15) is 0 Å². The fraction of sp³-hybridized carbons (Fsp3) is 0.286. The Labute approximate surface area is 111 Å². The van der Waals surface area contributed by atoms with Crippen LogP contribution in [-0.2, 0) is 11.3 Å². The summed E-state index contributed by atoms with van der Waals surface area (Å²) in [5, 5.41) is 0.714. The quantitative estimate of drug-likeness (QED) is 0.921. The average Bonchev–Trinajstić information content (AvgIpc) is 2.81. The molecule has 3 nitrogen and oxygen atoms in total. The van der Waals surface area contributed by atoms with Crippen molar-refractivity contribution in [3.05, 3.63) is 58.0 Å². The lowest BCUT2D eigenvalue weighted by Crippen LogP contribution is -2.10. The van der Waals surface area contributed by atoms with E-state index in [1.807, 2.05) is 37.3 Å². The number of hydrogen-bond acceptors (Lipinski definition) is 3. The lowest BCUT2D eigenvalue weighted by atomic mass is 10.0. The fourth-order valence-corrected chi connectivity index (χ4v) is 1.94. The predicted octanol–water partition coefficient (Wildman–Crippen LogP) is 3.44. The van der Waals surface area contributed by atoms with E-state index in [1.54, 1.807) is 7.11 Å². The highest BCUT2D eigenvalue weighted by atomic mass is 35.5. The molecule has 0 aliphatic rings. The van der Waals surface area contributed by atoms with Crippen LogP contribution in [-0.4, -0.2) is 7.11 Å². The van der Waals surface area contributed by atoms with Crippen molar-refractivity contribution in [2.24, 2.45) is 5.73 Å². The minimum Gasteiger partial charge on any atom is -0.462 e. The van der Waals surface area contributed by atoms with Gasteiger partial charge in [-0.25, -0.2) is 0 Å². The normalized spacial score (nSPS) is 12.7. The number of halogens is 1. The first kappa shape index (κ1) is 13.1. The third-order valence-corrected chi connectivity index (χ3v) is 3.24. The SMILES string of the molecule is COCc1ccc(C(N)c2ccc(C)c(Cl)c2)o1. The molecule has 1 aromatic heterocycles. The summed E-state index contributed by atoms with van der Waals surface area (Å²) in [7, 11) is 1.63. The molecule has 96 valence electrons. The van der Waals surface area contributed by atoms with Crippen LogP contribution < -0.4 is 5.73 Å². The molecule has 0 radical (unpaired) electrons. The number of ether oxygens (including phenoxy) is 1. The lowest BCUT2D eigenvalue weighted by molar-refractivity contribution is 0.162. The lowest BCUT2D eigenvalue weighted by Gasteiger charge is -2.10. The zero-order valence-electron chi connectivity index (χ0n) is 10.4. The summed E-state index contributed by atoms with van der Waals surface area (Å²) in [6.07, 6.45) is 0. The Bertz CT molecular complexity index is 536. The second-order valence-electron chi connectivity index (χ2n) is 4.22. The molecule has 2 aromatic rings. The second kappa shape index (κ2) is 5.57. The van der Waals surface area contributed by atoms with Gasteiger partial charge < -0.3 is 14.9 Å². The zero-order valence-corrected chi connectivity index (χ0v) is 11.2. The molecule has 1 atom stereocenters. The summed E-state index contributed by atoms with van der Waals surface area (Å²) in [5.41, 5.74) is 8.12. The topological polar surface area (TPSA) is 48.4 Å². The number of nitrogens with two attached hydrogens (primary N) is 1. The maximum Gasteiger partial charge on any atom is 0.129 e. The van der Waals surface area contributed by atoms with Gasteiger partial charge in [-0.15, -0.1) is 0 Å². The Kier molecular flexibility index (Phi) is 4.07. The number of benzene rings is 1. The number of rotatable bonds is 4. The average molecular weight is 266 g/mol. The van der Waals surface area contributed by atoms with E-state index in [2.05, 4.69) is 0 Å². The van der Waals surface area contributed by atoms with Gasteiger partial charge in [-0.1, -0.05) is 23.7 Å². The van der Waals surface area contributed by atoms with Gasteiger partial charge >= 0.3 is 0 Å². The molecule has 0 bridgehead atoms. The van der Waals surface area contributed by atoms with Gasteiger partial charge in [0.1, 0.15) is 18.1 Å².